The Labute approximate surface area is 190 Å². The van der Waals surface area contributed by atoms with Crippen molar-refractivity contribution in [2.75, 3.05) is 0 Å². The van der Waals surface area contributed by atoms with Crippen LogP contribution in [0.5, 0.6) is 0 Å². The first-order valence-corrected chi connectivity index (χ1v) is 8.32. The number of hydrogen-bond donors (Lipinski definition) is 1. The summed E-state index contributed by atoms with van der Waals surface area (Å²) in [6, 6.07) is 12.6. The van der Waals surface area contributed by atoms with Crippen LogP contribution in [-0.4, -0.2) is 15.8 Å². The van der Waals surface area contributed by atoms with Gasteiger partial charge in [-0.1, -0.05) is 29.8 Å². The zero-order chi connectivity index (χ0) is 19.4. The summed E-state index contributed by atoms with van der Waals surface area (Å²) in [4.78, 5) is 3.93. The van der Waals surface area contributed by atoms with Crippen LogP contribution < -0.4 is 0 Å². The minimum atomic E-state index is -1.35. The van der Waals surface area contributed by atoms with Gasteiger partial charge in [0, 0.05) is 24.0 Å². The van der Waals surface area contributed by atoms with E-state index in [2.05, 4.69) is 11.1 Å². The molecule has 0 aliphatic carbocycles. The average molecular weight is 621 g/mol. The van der Waals surface area contributed by atoms with Crippen molar-refractivity contribution in [1.82, 2.24) is 4.98 Å². The van der Waals surface area contributed by atoms with Gasteiger partial charge in [0.15, 0.2) is 0 Å². The zero-order valence-electron chi connectivity index (χ0n) is 14.4. The number of aliphatic hydroxyl groups excluding tert-OH is 1. The molecule has 0 fully saturated rings. The fraction of sp³-hybridized carbons (Fsp3) is 0.0476. The first-order valence-electron chi connectivity index (χ1n) is 7.95. The van der Waals surface area contributed by atoms with Crippen molar-refractivity contribution in [3.63, 3.8) is 0 Å². The Balaban J connectivity index is 0.00000280. The van der Waals surface area contributed by atoms with Crippen molar-refractivity contribution >= 4 is 17.3 Å². The van der Waals surface area contributed by atoms with Gasteiger partial charge in [-0.05, 0) is 22.7 Å². The molecule has 1 atom stereocenters. The van der Waals surface area contributed by atoms with Crippen LogP contribution >= 0.6 is 11.6 Å². The summed E-state index contributed by atoms with van der Waals surface area (Å²) in [5.74, 6) is -1.74. The first kappa shape index (κ1) is 22.5. The van der Waals surface area contributed by atoms with Gasteiger partial charge in [-0.15, -0.1) is 35.4 Å². The summed E-state index contributed by atoms with van der Waals surface area (Å²) >= 11 is 5.97. The maximum absolute atomic E-state index is 14.2. The molecule has 0 radical (unpaired) electrons. The molecule has 3 aromatic rings. The molecule has 1 N–H and O–H groups in total. The van der Waals surface area contributed by atoms with Crippen LogP contribution in [0.4, 0.5) is 8.78 Å². The van der Waals surface area contributed by atoms with E-state index in [1.807, 2.05) is 0 Å². The van der Waals surface area contributed by atoms with Crippen LogP contribution in [0.15, 0.2) is 72.6 Å². The quantitative estimate of drug-likeness (QED) is 0.327. The fourth-order valence-electron chi connectivity index (χ4n) is 2.51. The van der Waals surface area contributed by atoms with Gasteiger partial charge < -0.3 is 10.5 Å². The van der Waals surface area contributed by atoms with Gasteiger partial charge in [0.1, 0.15) is 11.6 Å². The predicted octanol–water partition coefficient (Wildman–Crippen LogP) is 4.88. The van der Waals surface area contributed by atoms with Gasteiger partial charge in [-0.3, -0.25) is 4.98 Å². The number of aromatic nitrogens is 1. The number of benzene rings is 2. The van der Waals surface area contributed by atoms with Gasteiger partial charge in [-0.2, -0.15) is 0 Å². The molecule has 138 valence electrons. The number of halogens is 3. The molecule has 3 rings (SSSR count). The normalized spacial score (nSPS) is 12.2. The molecule has 0 spiro atoms. The third kappa shape index (κ3) is 5.36. The molecule has 0 bridgehead atoms. The monoisotopic (exact) mass is 620 g/mol. The average Bonchev–Trinajstić information content (AvgIpc) is 2.66. The smallest absolute Gasteiger partial charge is 0.854 e. The van der Waals surface area contributed by atoms with Crippen LogP contribution in [0, 0.1) is 48.8 Å². The maximum atomic E-state index is 14.2. The first-order chi connectivity index (χ1) is 13.0. The van der Waals surface area contributed by atoms with Crippen molar-refractivity contribution in [3.05, 3.63) is 117 Å². The van der Waals surface area contributed by atoms with E-state index in [-0.39, 0.29) is 42.2 Å². The standard InChI is InChI=1S/C21H13ClF2N2O.U/c22-15-5-1-3-13(9-15)10-18(21(27)14-4-2-8-26-12-14)20(25)17-7-6-16(23)11-19(17)24;/h1-9,11-12,21,27H;/q-2;+2. The molecule has 0 saturated carbocycles. The number of hydrogen-bond acceptors (Lipinski definition) is 2. The third-order valence-electron chi connectivity index (χ3n) is 3.82. The van der Waals surface area contributed by atoms with E-state index >= 15 is 0 Å². The van der Waals surface area contributed by atoms with E-state index in [1.165, 1.54) is 12.4 Å². The van der Waals surface area contributed by atoms with Crippen LogP contribution in [0.25, 0.3) is 5.41 Å². The summed E-state index contributed by atoms with van der Waals surface area (Å²) in [6.45, 7) is 0. The minimum Gasteiger partial charge on any atom is -0.854 e. The molecular weight excluding hydrogens is 608 g/mol. The van der Waals surface area contributed by atoms with Gasteiger partial charge in [-0.25, -0.2) is 14.5 Å². The van der Waals surface area contributed by atoms with Crippen LogP contribution in [-0.2, 0) is 0 Å². The summed E-state index contributed by atoms with van der Waals surface area (Å²) in [7, 11) is 0. The van der Waals surface area contributed by atoms with E-state index in [4.69, 9.17) is 11.6 Å². The Bertz CT molecular complexity index is 1010. The number of aliphatic hydroxyl groups is 1. The zero-order valence-corrected chi connectivity index (χ0v) is 19.3. The topological polar surface area (TPSA) is 55.4 Å². The molecule has 3 nitrogen and oxygen atoms in total. The van der Waals surface area contributed by atoms with E-state index in [9.17, 15) is 19.3 Å². The Morgan fingerprint density at radius 3 is 2.54 bits per heavy atom. The molecule has 0 aliphatic rings. The van der Waals surface area contributed by atoms with Crippen LogP contribution in [0.2, 0.25) is 5.02 Å². The van der Waals surface area contributed by atoms with Gasteiger partial charge in [0.2, 0.25) is 0 Å². The van der Waals surface area contributed by atoms with Crippen molar-refractivity contribution in [2.24, 2.45) is 0 Å². The summed E-state index contributed by atoms with van der Waals surface area (Å²) in [5, 5.41) is 21.8. The molecular formula is C21H13ClF2N2OU. The maximum Gasteiger partial charge on any atom is 2.00 e. The summed E-state index contributed by atoms with van der Waals surface area (Å²) in [5.41, 5.74) is -0.0888. The molecule has 0 amide bonds. The van der Waals surface area contributed by atoms with Crippen LogP contribution in [0.1, 0.15) is 22.8 Å². The predicted molar refractivity (Wildman–Crippen MR) is 100 cm³/mol. The Kier molecular flexibility index (Phi) is 8.09. The van der Waals surface area contributed by atoms with E-state index < -0.39 is 23.5 Å². The molecule has 1 unspecified atom stereocenters. The van der Waals surface area contributed by atoms with Crippen LogP contribution in [0.3, 0.4) is 0 Å². The summed E-state index contributed by atoms with van der Waals surface area (Å²) < 4.78 is 27.4. The second-order valence-electron chi connectivity index (χ2n) is 5.71. The number of rotatable bonds is 5. The minimum absolute atomic E-state index is 0. The molecule has 0 saturated heterocycles. The molecule has 7 heteroatoms. The van der Waals surface area contributed by atoms with Gasteiger partial charge >= 0.3 is 31.1 Å². The Morgan fingerprint density at radius 2 is 1.89 bits per heavy atom. The molecule has 2 aromatic carbocycles. The number of nitrogens with zero attached hydrogens (tertiary/aromatic N) is 2. The van der Waals surface area contributed by atoms with Gasteiger partial charge in [0.05, 0.1) is 6.10 Å². The van der Waals surface area contributed by atoms with E-state index in [0.29, 0.717) is 22.2 Å². The van der Waals surface area contributed by atoms with Gasteiger partial charge in [0.25, 0.3) is 0 Å². The third-order valence-corrected chi connectivity index (χ3v) is 4.05. The molecule has 1 heterocycles. The number of pyridine rings is 1. The molecule has 0 aliphatic heterocycles. The molecule has 1 aromatic heterocycles. The van der Waals surface area contributed by atoms with Crippen molar-refractivity contribution in [3.8, 4) is 0 Å². The van der Waals surface area contributed by atoms with Crippen molar-refractivity contribution in [1.29, 1.82) is 0 Å². The van der Waals surface area contributed by atoms with Crippen molar-refractivity contribution < 1.29 is 45.0 Å². The van der Waals surface area contributed by atoms with Crippen molar-refractivity contribution in [2.45, 2.75) is 6.10 Å². The SMILES string of the molecule is [N-]=C(C(=[C-]c1cccc(Cl)c1)C(O)c1cccnc1)c1ccc(F)cc1F.[U+2]. The van der Waals surface area contributed by atoms with E-state index in [1.54, 1.807) is 36.4 Å². The second kappa shape index (κ2) is 10.1. The second-order valence-corrected chi connectivity index (χ2v) is 6.15. The Morgan fingerprint density at radius 1 is 1.11 bits per heavy atom. The fourth-order valence-corrected chi connectivity index (χ4v) is 2.70. The molecule has 28 heavy (non-hydrogen) atoms. The summed E-state index contributed by atoms with van der Waals surface area (Å²) in [6.07, 6.45) is 4.47. The van der Waals surface area contributed by atoms with E-state index in [0.717, 1.165) is 12.1 Å². The Hall–Kier alpha value is -1.84. The largest absolute Gasteiger partial charge is 2.00 e.